The van der Waals surface area contributed by atoms with Crippen LogP contribution in [0, 0.1) is 24.7 Å². The maximum atomic E-state index is 12.2. The summed E-state index contributed by atoms with van der Waals surface area (Å²) in [5, 5.41) is 2.45. The molecule has 2 bridgehead atoms. The number of amides is 1. The number of ether oxygens (including phenoxy) is 1. The average Bonchev–Trinajstić information content (AvgIpc) is 3.37. The standard InChI is InChI=1S/C22H26N2O3S/c1-14-4-3-5-20(8-14)24(15(2)25)22-23-19(13-28-22)12-27-21(26)11-18-10-16-6-7-17(18)9-16/h3-5,8,13,16-18H,6-7,9-12H2,1-2H3/t16-,17+,18-/m0/s1. The summed E-state index contributed by atoms with van der Waals surface area (Å²) in [5.74, 6) is 1.84. The van der Waals surface area contributed by atoms with Crippen molar-refractivity contribution in [3.05, 3.63) is 40.9 Å². The zero-order chi connectivity index (χ0) is 19.7. The molecule has 0 N–H and O–H groups in total. The lowest BCUT2D eigenvalue weighted by molar-refractivity contribution is -0.146. The number of aromatic nitrogens is 1. The smallest absolute Gasteiger partial charge is 0.306 e. The molecule has 2 aliphatic rings. The molecule has 2 fully saturated rings. The van der Waals surface area contributed by atoms with E-state index in [1.54, 1.807) is 4.90 Å². The third-order valence-electron chi connectivity index (χ3n) is 6.00. The van der Waals surface area contributed by atoms with E-state index >= 15 is 0 Å². The van der Waals surface area contributed by atoms with E-state index in [2.05, 4.69) is 4.98 Å². The van der Waals surface area contributed by atoms with Crippen molar-refractivity contribution in [3.8, 4) is 0 Å². The molecule has 0 saturated heterocycles. The molecule has 4 rings (SSSR count). The summed E-state index contributed by atoms with van der Waals surface area (Å²) in [6.07, 6.45) is 5.63. The van der Waals surface area contributed by atoms with Gasteiger partial charge in [0, 0.05) is 18.7 Å². The van der Waals surface area contributed by atoms with Crippen molar-refractivity contribution >= 4 is 34.0 Å². The van der Waals surface area contributed by atoms with Gasteiger partial charge in [-0.1, -0.05) is 18.6 Å². The highest BCUT2D eigenvalue weighted by molar-refractivity contribution is 7.14. The summed E-state index contributed by atoms with van der Waals surface area (Å²) in [4.78, 5) is 30.6. The molecule has 0 aliphatic heterocycles. The highest BCUT2D eigenvalue weighted by Gasteiger charge is 2.40. The first-order valence-corrected chi connectivity index (χ1v) is 10.8. The summed E-state index contributed by atoms with van der Waals surface area (Å²) in [5.41, 5.74) is 2.55. The number of nitrogens with zero attached hydrogens (tertiary/aromatic N) is 2. The third-order valence-corrected chi connectivity index (χ3v) is 6.87. The van der Waals surface area contributed by atoms with Gasteiger partial charge in [-0.3, -0.25) is 14.5 Å². The monoisotopic (exact) mass is 398 g/mol. The van der Waals surface area contributed by atoms with Crippen molar-refractivity contribution in [1.82, 2.24) is 4.98 Å². The second-order valence-corrected chi connectivity index (χ2v) is 8.95. The van der Waals surface area contributed by atoms with Crippen LogP contribution in [0.5, 0.6) is 0 Å². The molecular formula is C22H26N2O3S. The summed E-state index contributed by atoms with van der Waals surface area (Å²) in [6.45, 7) is 3.68. The second-order valence-electron chi connectivity index (χ2n) is 8.11. The highest BCUT2D eigenvalue weighted by Crippen LogP contribution is 2.49. The molecule has 6 heteroatoms. The van der Waals surface area contributed by atoms with Gasteiger partial charge in [0.2, 0.25) is 5.91 Å². The molecule has 1 aromatic heterocycles. The SMILES string of the molecule is CC(=O)N(c1cccc(C)c1)c1nc(COC(=O)C[C@@H]2C[C@H]3CC[C@@H]2C3)cs1. The number of aryl methyl sites for hydroxylation is 1. The van der Waals surface area contributed by atoms with Crippen molar-refractivity contribution in [2.45, 2.75) is 52.6 Å². The average molecular weight is 399 g/mol. The van der Waals surface area contributed by atoms with Gasteiger partial charge in [0.15, 0.2) is 5.13 Å². The van der Waals surface area contributed by atoms with Crippen LogP contribution in [-0.2, 0) is 20.9 Å². The van der Waals surface area contributed by atoms with Crippen LogP contribution < -0.4 is 4.90 Å². The summed E-state index contributed by atoms with van der Waals surface area (Å²) >= 11 is 1.38. The number of esters is 1. The Balaban J connectivity index is 1.36. The lowest BCUT2D eigenvalue weighted by atomic mass is 9.86. The van der Waals surface area contributed by atoms with Crippen molar-refractivity contribution in [1.29, 1.82) is 0 Å². The molecule has 2 aromatic rings. The summed E-state index contributed by atoms with van der Waals surface area (Å²) < 4.78 is 5.48. The fourth-order valence-electron chi connectivity index (χ4n) is 4.71. The molecule has 0 unspecified atom stereocenters. The van der Waals surface area contributed by atoms with Crippen LogP contribution in [0.15, 0.2) is 29.6 Å². The van der Waals surface area contributed by atoms with Gasteiger partial charge in [-0.2, -0.15) is 0 Å². The fraction of sp³-hybridized carbons (Fsp3) is 0.500. The summed E-state index contributed by atoms with van der Waals surface area (Å²) in [7, 11) is 0. The van der Waals surface area contributed by atoms with E-state index in [9.17, 15) is 9.59 Å². The molecule has 0 radical (unpaired) electrons. The molecule has 28 heavy (non-hydrogen) atoms. The number of carbonyl (C=O) groups is 2. The fourth-order valence-corrected chi connectivity index (χ4v) is 5.58. The van der Waals surface area contributed by atoms with Gasteiger partial charge < -0.3 is 4.74 Å². The second kappa shape index (κ2) is 8.03. The van der Waals surface area contributed by atoms with Crippen molar-refractivity contribution in [3.63, 3.8) is 0 Å². The minimum Gasteiger partial charge on any atom is -0.459 e. The first-order chi connectivity index (χ1) is 13.5. The zero-order valence-corrected chi connectivity index (χ0v) is 17.2. The maximum Gasteiger partial charge on any atom is 0.306 e. The molecule has 5 nitrogen and oxygen atoms in total. The number of hydrogen-bond donors (Lipinski definition) is 0. The van der Waals surface area contributed by atoms with E-state index in [-0.39, 0.29) is 18.5 Å². The first kappa shape index (κ1) is 19.1. The lowest BCUT2D eigenvalue weighted by Crippen LogP contribution is -2.22. The Kier molecular flexibility index (Phi) is 5.49. The number of fused-ring (bicyclic) bond motifs is 2. The Morgan fingerprint density at radius 3 is 2.82 bits per heavy atom. The molecule has 2 aliphatic carbocycles. The first-order valence-electron chi connectivity index (χ1n) is 9.97. The van der Waals surface area contributed by atoms with E-state index in [0.717, 1.165) is 23.1 Å². The normalized spacial score (nSPS) is 23.0. The Morgan fingerprint density at radius 1 is 1.29 bits per heavy atom. The third kappa shape index (κ3) is 4.12. The largest absolute Gasteiger partial charge is 0.459 e. The van der Waals surface area contributed by atoms with Gasteiger partial charge in [-0.15, -0.1) is 11.3 Å². The summed E-state index contributed by atoms with van der Waals surface area (Å²) in [6, 6.07) is 7.76. The molecule has 1 heterocycles. The molecule has 1 aromatic carbocycles. The van der Waals surface area contributed by atoms with Gasteiger partial charge in [-0.25, -0.2) is 4.98 Å². The Hall–Kier alpha value is -2.21. The van der Waals surface area contributed by atoms with Crippen LogP contribution in [-0.4, -0.2) is 16.9 Å². The number of rotatable bonds is 6. The van der Waals surface area contributed by atoms with Gasteiger partial charge in [0.1, 0.15) is 6.61 Å². The number of thiazole rings is 1. The van der Waals surface area contributed by atoms with E-state index < -0.39 is 0 Å². The minimum absolute atomic E-state index is 0.0974. The molecule has 3 atom stereocenters. The number of benzene rings is 1. The molecular weight excluding hydrogens is 372 g/mol. The number of carbonyl (C=O) groups excluding carboxylic acids is 2. The lowest BCUT2D eigenvalue weighted by Gasteiger charge is -2.20. The highest BCUT2D eigenvalue weighted by atomic mass is 32.1. The minimum atomic E-state index is -0.130. The van der Waals surface area contributed by atoms with E-state index in [1.807, 2.05) is 36.6 Å². The molecule has 148 valence electrons. The molecule has 2 saturated carbocycles. The van der Waals surface area contributed by atoms with Crippen molar-refractivity contribution in [2.24, 2.45) is 17.8 Å². The van der Waals surface area contributed by atoms with Crippen molar-refractivity contribution in [2.75, 3.05) is 4.90 Å². The van der Waals surface area contributed by atoms with Gasteiger partial charge in [0.05, 0.1) is 11.4 Å². The van der Waals surface area contributed by atoms with Crippen LogP contribution in [0.3, 0.4) is 0 Å². The number of hydrogen-bond acceptors (Lipinski definition) is 5. The van der Waals surface area contributed by atoms with Crippen LogP contribution >= 0.6 is 11.3 Å². The van der Waals surface area contributed by atoms with Gasteiger partial charge in [0.25, 0.3) is 0 Å². The Bertz CT molecular complexity index is 878. The van der Waals surface area contributed by atoms with E-state index in [4.69, 9.17) is 4.74 Å². The Labute approximate surface area is 169 Å². The van der Waals surface area contributed by atoms with Crippen LogP contribution in [0.4, 0.5) is 10.8 Å². The Morgan fingerprint density at radius 2 is 2.14 bits per heavy atom. The topological polar surface area (TPSA) is 59.5 Å². The quantitative estimate of drug-likeness (QED) is 0.642. The molecule has 0 spiro atoms. The van der Waals surface area contributed by atoms with Crippen molar-refractivity contribution < 1.29 is 14.3 Å². The van der Waals surface area contributed by atoms with E-state index in [1.165, 1.54) is 43.9 Å². The van der Waals surface area contributed by atoms with Crippen LogP contribution in [0.25, 0.3) is 0 Å². The maximum absolute atomic E-state index is 12.2. The van der Waals surface area contributed by atoms with Crippen LogP contribution in [0.1, 0.15) is 50.3 Å². The van der Waals surface area contributed by atoms with Gasteiger partial charge >= 0.3 is 5.97 Å². The molecule has 1 amide bonds. The number of anilines is 2. The van der Waals surface area contributed by atoms with E-state index in [0.29, 0.717) is 23.2 Å². The van der Waals surface area contributed by atoms with Gasteiger partial charge in [-0.05, 0) is 61.6 Å². The zero-order valence-electron chi connectivity index (χ0n) is 16.4. The predicted molar refractivity (Wildman–Crippen MR) is 109 cm³/mol. The van der Waals surface area contributed by atoms with Crippen LogP contribution in [0.2, 0.25) is 0 Å². The predicted octanol–water partition coefficient (Wildman–Crippen LogP) is 5.01.